The highest BCUT2D eigenvalue weighted by Gasteiger charge is 2.15. The molecular weight excluding hydrogens is 436 g/mol. The zero-order chi connectivity index (χ0) is 21.8. The third-order valence-corrected chi connectivity index (χ3v) is 6.09. The van der Waals surface area contributed by atoms with Crippen molar-refractivity contribution in [3.05, 3.63) is 102 Å². The van der Waals surface area contributed by atoms with Crippen LogP contribution in [0.15, 0.2) is 96.2 Å². The number of benzene rings is 3. The Morgan fingerprint density at radius 1 is 0.903 bits per heavy atom. The molecule has 0 unspecified atom stereocenters. The number of amides is 1. The summed E-state index contributed by atoms with van der Waals surface area (Å²) in [5, 5.41) is 7.44. The van der Waals surface area contributed by atoms with E-state index in [1.807, 2.05) is 12.1 Å². The topological polar surface area (TPSA) is 93.1 Å². The Hall–Kier alpha value is -3.62. The summed E-state index contributed by atoms with van der Waals surface area (Å²) >= 11 is 6.17. The number of para-hydroxylation sites is 1. The molecule has 2 N–H and O–H groups in total. The molecular formula is C22H17ClN4O3S. The third-order valence-electron chi connectivity index (χ3n) is 4.37. The van der Waals surface area contributed by atoms with Gasteiger partial charge >= 0.3 is 0 Å². The normalized spacial score (nSPS) is 11.1. The van der Waals surface area contributed by atoms with Gasteiger partial charge in [-0.15, -0.1) is 0 Å². The van der Waals surface area contributed by atoms with Gasteiger partial charge in [-0.05, 0) is 42.5 Å². The quantitative estimate of drug-likeness (QED) is 0.448. The van der Waals surface area contributed by atoms with Gasteiger partial charge in [0.2, 0.25) is 0 Å². The summed E-state index contributed by atoms with van der Waals surface area (Å²) in [6.45, 7) is 0. The number of hydrogen-bond acceptors (Lipinski definition) is 4. The van der Waals surface area contributed by atoms with E-state index in [9.17, 15) is 13.2 Å². The highest BCUT2D eigenvalue weighted by molar-refractivity contribution is 7.92. The highest BCUT2D eigenvalue weighted by Crippen LogP contribution is 2.21. The van der Waals surface area contributed by atoms with Crippen LogP contribution in [-0.2, 0) is 10.0 Å². The van der Waals surface area contributed by atoms with Crippen molar-refractivity contribution in [2.45, 2.75) is 4.90 Å². The number of sulfonamides is 1. The van der Waals surface area contributed by atoms with E-state index < -0.39 is 10.0 Å². The molecule has 0 radical (unpaired) electrons. The number of rotatable bonds is 6. The second-order valence-corrected chi connectivity index (χ2v) is 8.67. The van der Waals surface area contributed by atoms with Gasteiger partial charge in [0, 0.05) is 11.9 Å². The van der Waals surface area contributed by atoms with E-state index in [0.717, 1.165) is 0 Å². The Kier molecular flexibility index (Phi) is 5.75. The van der Waals surface area contributed by atoms with Gasteiger partial charge in [-0.25, -0.2) is 13.1 Å². The number of hydrogen-bond donors (Lipinski definition) is 2. The first-order chi connectivity index (χ1) is 14.9. The standard InChI is InChI=1S/C22H17ClN4O3S/c23-20-11-4-5-12-21(20)27-15-16(14-24-27)22(28)25-17-7-6-8-18(13-17)26-31(29,30)19-9-2-1-3-10-19/h1-15,26H,(H,25,28). The smallest absolute Gasteiger partial charge is 0.261 e. The summed E-state index contributed by atoms with van der Waals surface area (Å²) in [5.41, 5.74) is 1.74. The zero-order valence-electron chi connectivity index (χ0n) is 16.1. The summed E-state index contributed by atoms with van der Waals surface area (Å²) in [6, 6.07) is 21.7. The van der Waals surface area contributed by atoms with Gasteiger partial charge in [0.15, 0.2) is 0 Å². The Morgan fingerprint density at radius 2 is 1.61 bits per heavy atom. The number of aromatic nitrogens is 2. The maximum atomic E-state index is 12.6. The van der Waals surface area contributed by atoms with Crippen LogP contribution in [0.3, 0.4) is 0 Å². The van der Waals surface area contributed by atoms with Crippen molar-refractivity contribution in [3.63, 3.8) is 0 Å². The molecule has 0 bridgehead atoms. The van der Waals surface area contributed by atoms with Crippen molar-refractivity contribution in [2.24, 2.45) is 0 Å². The van der Waals surface area contributed by atoms with Gasteiger partial charge in [-0.3, -0.25) is 9.52 Å². The summed E-state index contributed by atoms with van der Waals surface area (Å²) in [4.78, 5) is 12.8. The highest BCUT2D eigenvalue weighted by atomic mass is 35.5. The minimum absolute atomic E-state index is 0.149. The summed E-state index contributed by atoms with van der Waals surface area (Å²) < 4.78 is 29.0. The predicted octanol–water partition coefficient (Wildman–Crippen LogP) is 4.58. The molecule has 9 heteroatoms. The van der Waals surface area contributed by atoms with Crippen LogP contribution >= 0.6 is 11.6 Å². The number of anilines is 2. The van der Waals surface area contributed by atoms with Crippen LogP contribution in [-0.4, -0.2) is 24.1 Å². The van der Waals surface area contributed by atoms with Crippen LogP contribution in [0.25, 0.3) is 5.69 Å². The van der Waals surface area contributed by atoms with E-state index in [1.165, 1.54) is 29.1 Å². The van der Waals surface area contributed by atoms with E-state index in [1.54, 1.807) is 54.7 Å². The molecule has 0 aliphatic rings. The average molecular weight is 453 g/mol. The van der Waals surface area contributed by atoms with Crippen LogP contribution in [0.4, 0.5) is 11.4 Å². The number of carbonyl (C=O) groups excluding carboxylic acids is 1. The molecule has 156 valence electrons. The number of nitrogens with zero attached hydrogens (tertiary/aromatic N) is 2. The molecule has 0 fully saturated rings. The zero-order valence-corrected chi connectivity index (χ0v) is 17.6. The molecule has 0 aliphatic heterocycles. The molecule has 1 amide bonds. The van der Waals surface area contributed by atoms with Crippen molar-refractivity contribution in [1.82, 2.24) is 9.78 Å². The van der Waals surface area contributed by atoms with Gasteiger partial charge < -0.3 is 5.32 Å². The molecule has 4 rings (SSSR count). The number of halogens is 1. The molecule has 0 atom stereocenters. The molecule has 1 aromatic heterocycles. The first kappa shape index (κ1) is 20.6. The van der Waals surface area contributed by atoms with E-state index in [0.29, 0.717) is 27.6 Å². The van der Waals surface area contributed by atoms with E-state index in [2.05, 4.69) is 15.1 Å². The maximum Gasteiger partial charge on any atom is 0.261 e. The van der Waals surface area contributed by atoms with Crippen molar-refractivity contribution in [3.8, 4) is 5.69 Å². The van der Waals surface area contributed by atoms with Gasteiger partial charge in [-0.1, -0.05) is 48.0 Å². The lowest BCUT2D eigenvalue weighted by Crippen LogP contribution is -2.14. The van der Waals surface area contributed by atoms with E-state index in [-0.39, 0.29) is 10.8 Å². The monoisotopic (exact) mass is 452 g/mol. The predicted molar refractivity (Wildman–Crippen MR) is 120 cm³/mol. The van der Waals surface area contributed by atoms with E-state index >= 15 is 0 Å². The molecule has 0 aliphatic carbocycles. The molecule has 7 nitrogen and oxygen atoms in total. The minimum Gasteiger partial charge on any atom is -0.322 e. The SMILES string of the molecule is O=C(Nc1cccc(NS(=O)(=O)c2ccccc2)c1)c1cnn(-c2ccccc2Cl)c1. The first-order valence-electron chi connectivity index (χ1n) is 9.21. The lowest BCUT2D eigenvalue weighted by molar-refractivity contribution is 0.102. The van der Waals surface area contributed by atoms with Crippen molar-refractivity contribution in [1.29, 1.82) is 0 Å². The first-order valence-corrected chi connectivity index (χ1v) is 11.1. The van der Waals surface area contributed by atoms with Crippen LogP contribution in [0.5, 0.6) is 0 Å². The van der Waals surface area contributed by atoms with Crippen LogP contribution in [0.2, 0.25) is 5.02 Å². The van der Waals surface area contributed by atoms with Crippen molar-refractivity contribution >= 4 is 38.9 Å². The molecule has 3 aromatic carbocycles. The average Bonchev–Trinajstić information content (AvgIpc) is 3.25. The molecule has 1 heterocycles. The Bertz CT molecular complexity index is 1340. The van der Waals surface area contributed by atoms with Crippen molar-refractivity contribution < 1.29 is 13.2 Å². The van der Waals surface area contributed by atoms with Crippen molar-refractivity contribution in [2.75, 3.05) is 10.0 Å². The lowest BCUT2D eigenvalue weighted by atomic mass is 10.2. The van der Waals surface area contributed by atoms with Gasteiger partial charge in [0.05, 0.1) is 33.1 Å². The number of nitrogens with one attached hydrogen (secondary N) is 2. The molecule has 31 heavy (non-hydrogen) atoms. The Balaban J connectivity index is 1.49. The molecule has 4 aromatic rings. The summed E-state index contributed by atoms with van der Waals surface area (Å²) in [6.07, 6.45) is 3.00. The molecule has 0 spiro atoms. The van der Waals surface area contributed by atoms with Gasteiger partial charge in [0.25, 0.3) is 15.9 Å². The Morgan fingerprint density at radius 3 is 2.39 bits per heavy atom. The lowest BCUT2D eigenvalue weighted by Gasteiger charge is -2.10. The second-order valence-electron chi connectivity index (χ2n) is 6.58. The molecule has 0 saturated carbocycles. The molecule has 0 saturated heterocycles. The number of carbonyl (C=O) groups is 1. The van der Waals surface area contributed by atoms with Crippen LogP contribution < -0.4 is 10.0 Å². The largest absolute Gasteiger partial charge is 0.322 e. The summed E-state index contributed by atoms with van der Waals surface area (Å²) in [7, 11) is -3.73. The minimum atomic E-state index is -3.73. The van der Waals surface area contributed by atoms with Gasteiger partial charge in [0.1, 0.15) is 0 Å². The fourth-order valence-corrected chi connectivity index (χ4v) is 4.18. The second kappa shape index (κ2) is 8.63. The fourth-order valence-electron chi connectivity index (χ4n) is 2.89. The Labute approximate surface area is 184 Å². The van der Waals surface area contributed by atoms with Crippen LogP contribution in [0.1, 0.15) is 10.4 Å². The maximum absolute atomic E-state index is 12.6. The summed E-state index contributed by atoms with van der Waals surface area (Å²) in [5.74, 6) is -0.388. The fraction of sp³-hybridized carbons (Fsp3) is 0. The van der Waals surface area contributed by atoms with E-state index in [4.69, 9.17) is 11.6 Å². The van der Waals surface area contributed by atoms with Gasteiger partial charge in [-0.2, -0.15) is 5.10 Å². The third kappa shape index (κ3) is 4.76. The van der Waals surface area contributed by atoms with Crippen LogP contribution in [0, 0.1) is 0 Å².